The van der Waals surface area contributed by atoms with Crippen LogP contribution in [0.15, 0.2) is 6.07 Å². The van der Waals surface area contributed by atoms with Crippen LogP contribution in [0.25, 0.3) is 0 Å². The number of hydrogen-bond donors (Lipinski definition) is 1. The summed E-state index contributed by atoms with van der Waals surface area (Å²) < 4.78 is 7.19. The zero-order chi connectivity index (χ0) is 9.84. The molecule has 0 bridgehead atoms. The number of hydrogen-bond acceptors (Lipinski definition) is 3. The van der Waals surface area contributed by atoms with E-state index < -0.39 is 0 Å². The SMILES string of the molecule is CCc1cc(OCC(C)N)n(C)n1. The third-order valence-corrected chi connectivity index (χ3v) is 1.74. The van der Waals surface area contributed by atoms with Gasteiger partial charge in [0, 0.05) is 19.2 Å². The number of aromatic nitrogens is 2. The van der Waals surface area contributed by atoms with Crippen molar-refractivity contribution in [2.75, 3.05) is 6.61 Å². The summed E-state index contributed by atoms with van der Waals surface area (Å²) >= 11 is 0. The molecule has 13 heavy (non-hydrogen) atoms. The molecule has 1 rings (SSSR count). The molecule has 1 aromatic rings. The fraction of sp³-hybridized carbons (Fsp3) is 0.667. The summed E-state index contributed by atoms with van der Waals surface area (Å²) in [4.78, 5) is 0. The van der Waals surface area contributed by atoms with E-state index in [-0.39, 0.29) is 6.04 Å². The minimum absolute atomic E-state index is 0.0555. The molecule has 0 spiro atoms. The van der Waals surface area contributed by atoms with Gasteiger partial charge in [0.25, 0.3) is 0 Å². The fourth-order valence-corrected chi connectivity index (χ4v) is 1.03. The Morgan fingerprint density at radius 2 is 2.38 bits per heavy atom. The van der Waals surface area contributed by atoms with Gasteiger partial charge in [0.05, 0.1) is 5.69 Å². The molecule has 0 aromatic carbocycles. The fourth-order valence-electron chi connectivity index (χ4n) is 1.03. The van der Waals surface area contributed by atoms with Gasteiger partial charge in [-0.15, -0.1) is 0 Å². The third kappa shape index (κ3) is 2.73. The Hall–Kier alpha value is -1.03. The van der Waals surface area contributed by atoms with Gasteiger partial charge >= 0.3 is 0 Å². The highest BCUT2D eigenvalue weighted by atomic mass is 16.5. The average molecular weight is 183 g/mol. The zero-order valence-electron chi connectivity index (χ0n) is 8.45. The molecule has 1 aromatic heterocycles. The molecule has 0 saturated heterocycles. The molecule has 0 aliphatic carbocycles. The minimum Gasteiger partial charge on any atom is -0.476 e. The second-order valence-corrected chi connectivity index (χ2v) is 3.24. The van der Waals surface area contributed by atoms with E-state index in [1.807, 2.05) is 20.0 Å². The van der Waals surface area contributed by atoms with Gasteiger partial charge in [-0.1, -0.05) is 6.92 Å². The van der Waals surface area contributed by atoms with Crippen LogP contribution in [0.2, 0.25) is 0 Å². The van der Waals surface area contributed by atoms with E-state index in [0.717, 1.165) is 18.0 Å². The predicted octanol–water partition coefficient (Wildman–Crippen LogP) is 0.708. The Bertz CT molecular complexity index is 268. The summed E-state index contributed by atoms with van der Waals surface area (Å²) in [6.45, 7) is 4.51. The molecule has 4 nitrogen and oxygen atoms in total. The van der Waals surface area contributed by atoms with E-state index in [2.05, 4.69) is 12.0 Å². The molecule has 0 saturated carbocycles. The van der Waals surface area contributed by atoms with Gasteiger partial charge < -0.3 is 10.5 Å². The first kappa shape index (κ1) is 10.1. The van der Waals surface area contributed by atoms with Gasteiger partial charge in [-0.25, -0.2) is 4.68 Å². The maximum Gasteiger partial charge on any atom is 0.211 e. The van der Waals surface area contributed by atoms with Crippen LogP contribution in [-0.4, -0.2) is 22.4 Å². The highest BCUT2D eigenvalue weighted by Crippen LogP contribution is 2.12. The molecule has 1 atom stereocenters. The van der Waals surface area contributed by atoms with Crippen LogP contribution in [0.5, 0.6) is 5.88 Å². The summed E-state index contributed by atoms with van der Waals surface area (Å²) in [5.41, 5.74) is 6.62. The maximum atomic E-state index is 5.57. The normalized spacial score (nSPS) is 12.9. The van der Waals surface area contributed by atoms with E-state index in [0.29, 0.717) is 6.61 Å². The zero-order valence-corrected chi connectivity index (χ0v) is 8.45. The first-order chi connectivity index (χ1) is 6.13. The summed E-state index contributed by atoms with van der Waals surface area (Å²) in [7, 11) is 1.87. The second-order valence-electron chi connectivity index (χ2n) is 3.24. The van der Waals surface area contributed by atoms with Gasteiger partial charge in [0.15, 0.2) is 0 Å². The molecule has 0 aliphatic rings. The van der Waals surface area contributed by atoms with Crippen LogP contribution in [0.1, 0.15) is 19.5 Å². The van der Waals surface area contributed by atoms with E-state index in [9.17, 15) is 0 Å². The lowest BCUT2D eigenvalue weighted by Crippen LogP contribution is -2.24. The highest BCUT2D eigenvalue weighted by molar-refractivity contribution is 5.15. The number of nitrogens with two attached hydrogens (primary N) is 1. The van der Waals surface area contributed by atoms with Crippen molar-refractivity contribution in [3.05, 3.63) is 11.8 Å². The van der Waals surface area contributed by atoms with Crippen molar-refractivity contribution in [2.45, 2.75) is 26.3 Å². The molecule has 0 fully saturated rings. The molecular formula is C9H17N3O. The molecule has 0 radical (unpaired) electrons. The molecular weight excluding hydrogens is 166 g/mol. The molecule has 4 heteroatoms. The van der Waals surface area contributed by atoms with Crippen LogP contribution in [0.3, 0.4) is 0 Å². The van der Waals surface area contributed by atoms with Crippen molar-refractivity contribution in [2.24, 2.45) is 12.8 Å². The molecule has 74 valence electrons. The number of nitrogens with zero attached hydrogens (tertiary/aromatic N) is 2. The Kier molecular flexibility index (Phi) is 3.31. The van der Waals surface area contributed by atoms with Crippen LogP contribution >= 0.6 is 0 Å². The number of rotatable bonds is 4. The van der Waals surface area contributed by atoms with E-state index in [1.165, 1.54) is 0 Å². The van der Waals surface area contributed by atoms with E-state index >= 15 is 0 Å². The van der Waals surface area contributed by atoms with Gasteiger partial charge in [0.2, 0.25) is 5.88 Å². The summed E-state index contributed by atoms with van der Waals surface area (Å²) in [6.07, 6.45) is 0.926. The van der Waals surface area contributed by atoms with Gasteiger partial charge in [0.1, 0.15) is 6.61 Å². The largest absolute Gasteiger partial charge is 0.476 e. The molecule has 1 unspecified atom stereocenters. The summed E-state index contributed by atoms with van der Waals surface area (Å²) in [6, 6.07) is 2.00. The first-order valence-corrected chi connectivity index (χ1v) is 4.54. The number of aryl methyl sites for hydroxylation is 2. The Morgan fingerprint density at radius 3 is 2.85 bits per heavy atom. The van der Waals surface area contributed by atoms with Crippen molar-refractivity contribution in [3.8, 4) is 5.88 Å². The first-order valence-electron chi connectivity index (χ1n) is 4.54. The van der Waals surface area contributed by atoms with Crippen LogP contribution in [-0.2, 0) is 13.5 Å². The van der Waals surface area contributed by atoms with Gasteiger partial charge in [-0.2, -0.15) is 5.10 Å². The van der Waals surface area contributed by atoms with Crippen LogP contribution in [0.4, 0.5) is 0 Å². The smallest absolute Gasteiger partial charge is 0.211 e. The monoisotopic (exact) mass is 183 g/mol. The van der Waals surface area contributed by atoms with Gasteiger partial charge in [-0.3, -0.25) is 0 Å². The number of ether oxygens (including phenoxy) is 1. The summed E-state index contributed by atoms with van der Waals surface area (Å²) in [5.74, 6) is 0.786. The Labute approximate surface area is 78.7 Å². The lowest BCUT2D eigenvalue weighted by atomic mass is 10.3. The lowest BCUT2D eigenvalue weighted by molar-refractivity contribution is 0.272. The van der Waals surface area contributed by atoms with Crippen LogP contribution < -0.4 is 10.5 Å². The average Bonchev–Trinajstić information content (AvgIpc) is 2.43. The molecule has 0 aliphatic heterocycles. The predicted molar refractivity (Wildman–Crippen MR) is 51.7 cm³/mol. The maximum absolute atomic E-state index is 5.57. The van der Waals surface area contributed by atoms with Crippen molar-refractivity contribution in [3.63, 3.8) is 0 Å². The standard InChI is InChI=1S/C9H17N3O/c1-4-8-5-9(12(3)11-8)13-6-7(2)10/h5,7H,4,6,10H2,1-3H3. The van der Waals surface area contributed by atoms with Gasteiger partial charge in [-0.05, 0) is 13.3 Å². The van der Waals surface area contributed by atoms with Crippen molar-refractivity contribution >= 4 is 0 Å². The van der Waals surface area contributed by atoms with Crippen LogP contribution in [0, 0.1) is 0 Å². The van der Waals surface area contributed by atoms with E-state index in [4.69, 9.17) is 10.5 Å². The van der Waals surface area contributed by atoms with Crippen molar-refractivity contribution < 1.29 is 4.74 Å². The van der Waals surface area contributed by atoms with E-state index in [1.54, 1.807) is 4.68 Å². The van der Waals surface area contributed by atoms with Crippen molar-refractivity contribution in [1.29, 1.82) is 0 Å². The highest BCUT2D eigenvalue weighted by Gasteiger charge is 2.04. The van der Waals surface area contributed by atoms with Crippen molar-refractivity contribution in [1.82, 2.24) is 9.78 Å². The third-order valence-electron chi connectivity index (χ3n) is 1.74. The molecule has 2 N–H and O–H groups in total. The Morgan fingerprint density at radius 1 is 1.69 bits per heavy atom. The molecule has 1 heterocycles. The quantitative estimate of drug-likeness (QED) is 0.748. The summed E-state index contributed by atoms with van der Waals surface area (Å²) in [5, 5.41) is 4.26. The molecule has 0 amide bonds. The Balaban J connectivity index is 2.60. The second kappa shape index (κ2) is 4.28. The minimum atomic E-state index is 0.0555. The topological polar surface area (TPSA) is 53.1 Å². The lowest BCUT2D eigenvalue weighted by Gasteiger charge is -2.07.